The van der Waals surface area contributed by atoms with Crippen molar-refractivity contribution in [2.75, 3.05) is 23.7 Å². The van der Waals surface area contributed by atoms with Gasteiger partial charge in [-0.05, 0) is 30.9 Å². The summed E-state index contributed by atoms with van der Waals surface area (Å²) in [6, 6.07) is 7.52. The second-order valence-electron chi connectivity index (χ2n) is 5.49. The summed E-state index contributed by atoms with van der Waals surface area (Å²) in [6.07, 6.45) is 2.24. The van der Waals surface area contributed by atoms with Crippen LogP contribution in [-0.4, -0.2) is 33.3 Å². The van der Waals surface area contributed by atoms with Crippen LogP contribution in [0.2, 0.25) is 0 Å². The van der Waals surface area contributed by atoms with Gasteiger partial charge in [0.15, 0.2) is 9.84 Å². The van der Waals surface area contributed by atoms with E-state index in [0.717, 1.165) is 25.1 Å². The monoisotopic (exact) mass is 296 g/mol. The van der Waals surface area contributed by atoms with Crippen molar-refractivity contribution in [1.82, 2.24) is 0 Å². The topological polar surface area (TPSA) is 63.4 Å². The minimum Gasteiger partial charge on any atom is -0.366 e. The summed E-state index contributed by atoms with van der Waals surface area (Å²) in [5.41, 5.74) is 6.74. The Morgan fingerprint density at radius 3 is 2.70 bits per heavy atom. The van der Waals surface area contributed by atoms with Crippen LogP contribution in [0, 0.1) is 5.92 Å². The molecule has 112 valence electrons. The number of para-hydroxylation sites is 1. The Kier molecular flexibility index (Phi) is 4.70. The Labute approximate surface area is 121 Å². The lowest BCUT2D eigenvalue weighted by Crippen LogP contribution is -2.49. The van der Waals surface area contributed by atoms with Crippen LogP contribution < -0.4 is 10.6 Å². The highest BCUT2D eigenvalue weighted by molar-refractivity contribution is 7.91. The molecule has 0 spiro atoms. The Bertz CT molecular complexity index is 557. The number of benzene rings is 1. The van der Waals surface area contributed by atoms with E-state index in [1.165, 1.54) is 0 Å². The molecule has 0 amide bonds. The maximum atomic E-state index is 12.3. The van der Waals surface area contributed by atoms with E-state index in [-0.39, 0.29) is 11.8 Å². The van der Waals surface area contributed by atoms with Crippen molar-refractivity contribution >= 4 is 15.5 Å². The first-order valence-electron chi connectivity index (χ1n) is 7.29. The van der Waals surface area contributed by atoms with Gasteiger partial charge in [-0.2, -0.15) is 0 Å². The fourth-order valence-corrected chi connectivity index (χ4v) is 4.12. The quantitative estimate of drug-likeness (QED) is 0.923. The van der Waals surface area contributed by atoms with E-state index in [2.05, 4.69) is 11.8 Å². The largest absolute Gasteiger partial charge is 0.366 e. The minimum absolute atomic E-state index is 0.126. The zero-order chi connectivity index (χ0) is 14.8. The van der Waals surface area contributed by atoms with Gasteiger partial charge in [-0.25, -0.2) is 8.42 Å². The van der Waals surface area contributed by atoms with Crippen molar-refractivity contribution in [3.63, 3.8) is 0 Å². The molecule has 0 radical (unpaired) electrons. The van der Waals surface area contributed by atoms with Gasteiger partial charge in [-0.3, -0.25) is 0 Å². The second-order valence-corrected chi connectivity index (χ2v) is 7.73. The first kappa shape index (κ1) is 15.3. The molecular formula is C15H24N2O2S. The zero-order valence-electron chi connectivity index (χ0n) is 12.2. The van der Waals surface area contributed by atoms with Crippen molar-refractivity contribution in [3.8, 4) is 0 Å². The Morgan fingerprint density at radius 1 is 1.35 bits per heavy atom. The lowest BCUT2D eigenvalue weighted by Gasteiger charge is -2.41. The number of sulfone groups is 1. The fraction of sp³-hybridized carbons (Fsp3) is 0.600. The van der Waals surface area contributed by atoms with Crippen LogP contribution in [0.5, 0.6) is 0 Å². The third-order valence-electron chi connectivity index (χ3n) is 4.25. The number of rotatable bonds is 4. The van der Waals surface area contributed by atoms with E-state index in [1.54, 1.807) is 19.1 Å². The van der Waals surface area contributed by atoms with Gasteiger partial charge in [0.1, 0.15) is 0 Å². The van der Waals surface area contributed by atoms with E-state index in [1.807, 2.05) is 12.1 Å². The number of nitrogens with two attached hydrogens (primary N) is 1. The van der Waals surface area contributed by atoms with Crippen molar-refractivity contribution in [2.45, 2.75) is 37.6 Å². The Morgan fingerprint density at radius 2 is 2.05 bits per heavy atom. The molecule has 2 rings (SSSR count). The summed E-state index contributed by atoms with van der Waals surface area (Å²) in [4.78, 5) is 2.63. The minimum atomic E-state index is -3.21. The Hall–Kier alpha value is -1.07. The van der Waals surface area contributed by atoms with Gasteiger partial charge in [0, 0.05) is 19.1 Å². The molecule has 1 fully saturated rings. The summed E-state index contributed by atoms with van der Waals surface area (Å²) < 4.78 is 24.6. The molecule has 4 nitrogen and oxygen atoms in total. The van der Waals surface area contributed by atoms with E-state index < -0.39 is 9.84 Å². The van der Waals surface area contributed by atoms with Gasteiger partial charge in [0.25, 0.3) is 0 Å². The summed E-state index contributed by atoms with van der Waals surface area (Å²) in [6.45, 7) is 5.32. The van der Waals surface area contributed by atoms with Crippen LogP contribution in [0.4, 0.5) is 5.69 Å². The molecule has 1 saturated heterocycles. The van der Waals surface area contributed by atoms with Crippen LogP contribution in [-0.2, 0) is 9.84 Å². The van der Waals surface area contributed by atoms with Crippen molar-refractivity contribution in [1.29, 1.82) is 0 Å². The highest BCUT2D eigenvalue weighted by Crippen LogP contribution is 2.33. The van der Waals surface area contributed by atoms with Gasteiger partial charge in [0.05, 0.1) is 16.3 Å². The molecule has 1 aromatic rings. The number of piperidine rings is 1. The highest BCUT2D eigenvalue weighted by Gasteiger charge is 2.30. The molecule has 1 heterocycles. The SMILES string of the molecule is CCS(=O)(=O)c1ccccc1N1CCCC(C)C1CN. The number of nitrogens with zero attached hydrogens (tertiary/aromatic N) is 1. The molecule has 0 aromatic heterocycles. The molecule has 0 bridgehead atoms. The summed E-state index contributed by atoms with van der Waals surface area (Å²) in [5, 5.41) is 0. The summed E-state index contributed by atoms with van der Waals surface area (Å²) in [5.74, 6) is 0.617. The van der Waals surface area contributed by atoms with Gasteiger partial charge in [-0.15, -0.1) is 0 Å². The van der Waals surface area contributed by atoms with Gasteiger partial charge in [-0.1, -0.05) is 26.0 Å². The number of hydrogen-bond acceptors (Lipinski definition) is 4. The molecular weight excluding hydrogens is 272 g/mol. The van der Waals surface area contributed by atoms with Crippen LogP contribution in [0.1, 0.15) is 26.7 Å². The normalized spacial score (nSPS) is 23.9. The molecule has 2 unspecified atom stereocenters. The molecule has 0 saturated carbocycles. The third kappa shape index (κ3) is 2.83. The van der Waals surface area contributed by atoms with Crippen LogP contribution in [0.25, 0.3) is 0 Å². The Balaban J connectivity index is 2.47. The average Bonchev–Trinajstić information content (AvgIpc) is 2.47. The zero-order valence-corrected chi connectivity index (χ0v) is 13.1. The molecule has 1 aromatic carbocycles. The first-order valence-corrected chi connectivity index (χ1v) is 8.95. The van der Waals surface area contributed by atoms with E-state index >= 15 is 0 Å². The van der Waals surface area contributed by atoms with Crippen LogP contribution >= 0.6 is 0 Å². The molecule has 20 heavy (non-hydrogen) atoms. The maximum Gasteiger partial charge on any atom is 0.180 e. The van der Waals surface area contributed by atoms with Crippen molar-refractivity contribution in [3.05, 3.63) is 24.3 Å². The predicted octanol–water partition coefficient (Wildman–Crippen LogP) is 2.04. The summed E-state index contributed by atoms with van der Waals surface area (Å²) >= 11 is 0. The standard InChI is InChI=1S/C15H24N2O2S/c1-3-20(18,19)15-9-5-4-8-13(15)17-10-6-7-12(2)14(17)11-16/h4-5,8-9,12,14H,3,6-7,10-11,16H2,1-2H3. The summed E-state index contributed by atoms with van der Waals surface area (Å²) in [7, 11) is -3.21. The van der Waals surface area contributed by atoms with Crippen molar-refractivity contribution < 1.29 is 8.42 Å². The predicted molar refractivity (Wildman–Crippen MR) is 82.8 cm³/mol. The van der Waals surface area contributed by atoms with Crippen LogP contribution in [0.15, 0.2) is 29.2 Å². The molecule has 0 aliphatic carbocycles. The molecule has 1 aliphatic heterocycles. The maximum absolute atomic E-state index is 12.3. The van der Waals surface area contributed by atoms with Crippen molar-refractivity contribution in [2.24, 2.45) is 11.7 Å². The lowest BCUT2D eigenvalue weighted by molar-refractivity contribution is 0.348. The van der Waals surface area contributed by atoms with Gasteiger partial charge in [0.2, 0.25) is 0 Å². The third-order valence-corrected chi connectivity index (χ3v) is 6.02. The smallest absolute Gasteiger partial charge is 0.180 e. The molecule has 2 N–H and O–H groups in total. The molecule has 2 atom stereocenters. The second kappa shape index (κ2) is 6.14. The van der Waals surface area contributed by atoms with E-state index in [0.29, 0.717) is 17.4 Å². The fourth-order valence-electron chi connectivity index (χ4n) is 3.02. The number of anilines is 1. The molecule has 1 aliphatic rings. The lowest BCUT2D eigenvalue weighted by atomic mass is 9.90. The highest BCUT2D eigenvalue weighted by atomic mass is 32.2. The van der Waals surface area contributed by atoms with E-state index in [9.17, 15) is 8.42 Å². The van der Waals surface area contributed by atoms with Gasteiger partial charge >= 0.3 is 0 Å². The van der Waals surface area contributed by atoms with Gasteiger partial charge < -0.3 is 10.6 Å². The van der Waals surface area contributed by atoms with Crippen LogP contribution in [0.3, 0.4) is 0 Å². The number of hydrogen-bond donors (Lipinski definition) is 1. The van der Waals surface area contributed by atoms with E-state index in [4.69, 9.17) is 5.73 Å². The average molecular weight is 296 g/mol. The first-order chi connectivity index (χ1) is 9.51. The molecule has 5 heteroatoms.